The molecule has 16 heavy (non-hydrogen) atoms. The lowest BCUT2D eigenvalue weighted by Crippen LogP contribution is -1.91. The number of rotatable bonds is 3. The van der Waals surface area contributed by atoms with Crippen molar-refractivity contribution < 1.29 is 0 Å². The molecule has 0 fully saturated rings. The Morgan fingerprint density at radius 1 is 1.50 bits per heavy atom. The van der Waals surface area contributed by atoms with Crippen LogP contribution in [0.3, 0.4) is 0 Å². The summed E-state index contributed by atoms with van der Waals surface area (Å²) in [6.45, 7) is 4.04. The maximum Gasteiger partial charge on any atom is 0.176 e. The van der Waals surface area contributed by atoms with E-state index in [0.717, 1.165) is 27.2 Å². The van der Waals surface area contributed by atoms with Crippen molar-refractivity contribution in [1.82, 2.24) is 14.3 Å². The van der Waals surface area contributed by atoms with Gasteiger partial charge in [-0.1, -0.05) is 6.92 Å². The summed E-state index contributed by atoms with van der Waals surface area (Å²) < 4.78 is 5.16. The molecule has 0 radical (unpaired) electrons. The van der Waals surface area contributed by atoms with Gasteiger partial charge in [-0.25, -0.2) is 9.97 Å². The molecule has 4 nitrogen and oxygen atoms in total. The molecular weight excluding hydrogens is 240 g/mol. The zero-order valence-electron chi connectivity index (χ0n) is 9.10. The SMILES string of the molecule is CCc1nsc(Sc2ncc(N)cc2C)n1. The van der Waals surface area contributed by atoms with Gasteiger partial charge in [0.2, 0.25) is 0 Å². The lowest BCUT2D eigenvalue weighted by atomic mass is 10.3. The Bertz CT molecular complexity index is 495. The summed E-state index contributed by atoms with van der Waals surface area (Å²) in [5, 5.41) is 0.938. The fourth-order valence-corrected chi connectivity index (χ4v) is 2.84. The minimum absolute atomic E-state index is 0.688. The number of nitrogen functional groups attached to an aromatic ring is 1. The van der Waals surface area contributed by atoms with Crippen LogP contribution in [0.1, 0.15) is 18.3 Å². The molecule has 0 bridgehead atoms. The first kappa shape index (κ1) is 11.3. The van der Waals surface area contributed by atoms with Crippen molar-refractivity contribution in [2.24, 2.45) is 0 Å². The largest absolute Gasteiger partial charge is 0.397 e. The van der Waals surface area contributed by atoms with Crippen LogP contribution < -0.4 is 5.73 Å². The van der Waals surface area contributed by atoms with Gasteiger partial charge in [-0.05, 0) is 41.8 Å². The Kier molecular flexibility index (Phi) is 3.40. The standard InChI is InChI=1S/C10H12N4S2/c1-3-8-13-10(16-14-8)15-9-6(2)4-7(11)5-12-9/h4-5H,3,11H2,1-2H3. The second kappa shape index (κ2) is 4.80. The number of hydrogen-bond donors (Lipinski definition) is 1. The molecule has 84 valence electrons. The summed E-state index contributed by atoms with van der Waals surface area (Å²) in [4.78, 5) is 8.67. The number of nitrogens with zero attached hydrogens (tertiary/aromatic N) is 3. The van der Waals surface area contributed by atoms with Crippen LogP contribution in [0.4, 0.5) is 5.69 Å². The first-order chi connectivity index (χ1) is 7.69. The highest BCUT2D eigenvalue weighted by atomic mass is 32.2. The van der Waals surface area contributed by atoms with Crippen molar-refractivity contribution in [2.75, 3.05) is 5.73 Å². The van der Waals surface area contributed by atoms with Gasteiger partial charge in [-0.3, -0.25) is 0 Å². The second-order valence-corrected chi connectivity index (χ2v) is 5.31. The Hall–Kier alpha value is -1.14. The third-order valence-electron chi connectivity index (χ3n) is 2.00. The van der Waals surface area contributed by atoms with E-state index in [1.807, 2.05) is 19.9 Å². The van der Waals surface area contributed by atoms with Gasteiger partial charge < -0.3 is 5.73 Å². The maximum atomic E-state index is 5.65. The fraction of sp³-hybridized carbons (Fsp3) is 0.300. The topological polar surface area (TPSA) is 64.7 Å². The molecule has 0 aliphatic rings. The van der Waals surface area contributed by atoms with Gasteiger partial charge in [-0.15, -0.1) is 0 Å². The summed E-state index contributed by atoms with van der Waals surface area (Å²) in [5.74, 6) is 0.889. The molecule has 0 atom stereocenters. The van der Waals surface area contributed by atoms with Crippen LogP contribution in [0.2, 0.25) is 0 Å². The Morgan fingerprint density at radius 3 is 2.94 bits per heavy atom. The van der Waals surface area contributed by atoms with E-state index in [1.54, 1.807) is 6.20 Å². The smallest absolute Gasteiger partial charge is 0.176 e. The third kappa shape index (κ3) is 2.51. The number of pyridine rings is 1. The normalized spacial score (nSPS) is 10.6. The Balaban J connectivity index is 2.20. The van der Waals surface area contributed by atoms with Crippen molar-refractivity contribution in [1.29, 1.82) is 0 Å². The monoisotopic (exact) mass is 252 g/mol. The highest BCUT2D eigenvalue weighted by Crippen LogP contribution is 2.30. The van der Waals surface area contributed by atoms with Crippen molar-refractivity contribution in [2.45, 2.75) is 29.6 Å². The first-order valence-electron chi connectivity index (χ1n) is 4.91. The van der Waals surface area contributed by atoms with Crippen molar-refractivity contribution in [3.8, 4) is 0 Å². The summed E-state index contributed by atoms with van der Waals surface area (Å²) in [7, 11) is 0. The van der Waals surface area contributed by atoms with Gasteiger partial charge in [-0.2, -0.15) is 4.37 Å². The number of hydrogen-bond acceptors (Lipinski definition) is 6. The summed E-state index contributed by atoms with van der Waals surface area (Å²) in [6, 6.07) is 1.91. The van der Waals surface area contributed by atoms with Crippen LogP contribution >= 0.6 is 23.3 Å². The van der Waals surface area contributed by atoms with Gasteiger partial charge in [0.05, 0.1) is 11.9 Å². The van der Waals surface area contributed by atoms with Crippen LogP contribution in [0.5, 0.6) is 0 Å². The van der Waals surface area contributed by atoms with E-state index in [2.05, 4.69) is 14.3 Å². The molecular formula is C10H12N4S2. The van der Waals surface area contributed by atoms with Crippen molar-refractivity contribution in [3.05, 3.63) is 23.7 Å². The van der Waals surface area contributed by atoms with Gasteiger partial charge in [0.1, 0.15) is 10.9 Å². The lowest BCUT2D eigenvalue weighted by Gasteiger charge is -2.01. The lowest BCUT2D eigenvalue weighted by molar-refractivity contribution is 0.969. The van der Waals surface area contributed by atoms with Crippen LogP contribution in [0, 0.1) is 6.92 Å². The van der Waals surface area contributed by atoms with Gasteiger partial charge in [0, 0.05) is 6.42 Å². The molecule has 2 N–H and O–H groups in total. The third-order valence-corrected chi connectivity index (χ3v) is 3.91. The molecule has 2 aromatic rings. The molecule has 2 aromatic heterocycles. The molecule has 6 heteroatoms. The van der Waals surface area contributed by atoms with Crippen LogP contribution in [0.25, 0.3) is 0 Å². The number of anilines is 1. The van der Waals surface area contributed by atoms with Crippen LogP contribution in [-0.4, -0.2) is 14.3 Å². The predicted molar refractivity (Wildman–Crippen MR) is 66.8 cm³/mol. The molecule has 2 heterocycles. The average molecular weight is 252 g/mol. The second-order valence-electron chi connectivity index (χ2n) is 3.32. The minimum atomic E-state index is 0.688. The molecule has 0 saturated heterocycles. The van der Waals surface area contributed by atoms with Gasteiger partial charge in [0.25, 0.3) is 0 Å². The summed E-state index contributed by atoms with van der Waals surface area (Å²) in [5.41, 5.74) is 7.41. The summed E-state index contributed by atoms with van der Waals surface area (Å²) >= 11 is 2.95. The Labute approximate surface area is 102 Å². The van der Waals surface area contributed by atoms with E-state index in [4.69, 9.17) is 5.73 Å². The van der Waals surface area contributed by atoms with E-state index in [9.17, 15) is 0 Å². The zero-order valence-corrected chi connectivity index (χ0v) is 10.7. The highest BCUT2D eigenvalue weighted by Gasteiger charge is 2.07. The van der Waals surface area contributed by atoms with Crippen LogP contribution in [-0.2, 0) is 6.42 Å². The zero-order chi connectivity index (χ0) is 11.5. The first-order valence-corrected chi connectivity index (χ1v) is 6.50. The Morgan fingerprint density at radius 2 is 2.31 bits per heavy atom. The summed E-state index contributed by atoms with van der Waals surface area (Å²) in [6.07, 6.45) is 2.53. The highest BCUT2D eigenvalue weighted by molar-refractivity contribution is 8.00. The molecule has 0 spiro atoms. The molecule has 0 unspecified atom stereocenters. The molecule has 0 amide bonds. The van der Waals surface area contributed by atoms with Crippen molar-refractivity contribution in [3.63, 3.8) is 0 Å². The maximum absolute atomic E-state index is 5.65. The molecule has 0 aliphatic heterocycles. The van der Waals surface area contributed by atoms with Gasteiger partial charge in [0.15, 0.2) is 4.34 Å². The fourth-order valence-electron chi connectivity index (χ4n) is 1.20. The van der Waals surface area contributed by atoms with E-state index in [1.165, 1.54) is 23.3 Å². The molecule has 0 aliphatic carbocycles. The van der Waals surface area contributed by atoms with E-state index in [-0.39, 0.29) is 0 Å². The minimum Gasteiger partial charge on any atom is -0.397 e. The molecule has 2 rings (SSSR count). The average Bonchev–Trinajstić information content (AvgIpc) is 2.70. The van der Waals surface area contributed by atoms with Gasteiger partial charge >= 0.3 is 0 Å². The number of aromatic nitrogens is 3. The predicted octanol–water partition coefficient (Wildman–Crippen LogP) is 2.54. The number of nitrogens with two attached hydrogens (primary N) is 1. The quantitative estimate of drug-likeness (QED) is 0.909. The van der Waals surface area contributed by atoms with E-state index in [0.29, 0.717) is 5.69 Å². The van der Waals surface area contributed by atoms with E-state index >= 15 is 0 Å². The molecule has 0 saturated carbocycles. The number of aryl methyl sites for hydroxylation is 2. The molecule has 0 aromatic carbocycles. The van der Waals surface area contributed by atoms with Crippen LogP contribution in [0.15, 0.2) is 21.6 Å². The van der Waals surface area contributed by atoms with Crippen molar-refractivity contribution >= 4 is 29.0 Å². The van der Waals surface area contributed by atoms with E-state index < -0.39 is 0 Å².